The van der Waals surface area contributed by atoms with Gasteiger partial charge in [0.15, 0.2) is 5.69 Å². The van der Waals surface area contributed by atoms with Gasteiger partial charge in [0, 0.05) is 56.9 Å². The summed E-state index contributed by atoms with van der Waals surface area (Å²) in [5, 5.41) is 18.4. The Hall–Kier alpha value is -4.10. The Morgan fingerprint density at radius 3 is 2.47 bits per heavy atom. The van der Waals surface area contributed by atoms with Crippen LogP contribution in [0.3, 0.4) is 0 Å². The smallest absolute Gasteiger partial charge is 0.318 e. The molecule has 3 fully saturated rings. The quantitative estimate of drug-likeness (QED) is 0.380. The highest BCUT2D eigenvalue weighted by atomic mass is 19.3. The van der Waals surface area contributed by atoms with Crippen LogP contribution in [0.5, 0.6) is 0 Å². The molecule has 1 aromatic carbocycles. The molecule has 2 heterocycles. The predicted molar refractivity (Wildman–Crippen MR) is 148 cm³/mol. The van der Waals surface area contributed by atoms with E-state index in [0.717, 1.165) is 24.0 Å². The Morgan fingerprint density at radius 2 is 1.81 bits per heavy atom. The van der Waals surface area contributed by atoms with Crippen molar-refractivity contribution in [2.75, 3.05) is 25.5 Å². The number of alkyl halides is 2. The highest BCUT2D eigenvalue weighted by Gasteiger charge is 2.57. The van der Waals surface area contributed by atoms with E-state index in [1.54, 1.807) is 24.1 Å². The highest BCUT2D eigenvalue weighted by Crippen LogP contribution is 2.49. The number of carbonyl (C=O) groups is 4. The molecule has 14 heteroatoms. The zero-order valence-electron chi connectivity index (χ0n) is 24.1. The normalized spacial score (nSPS) is 24.6. The number of rotatable bonds is 7. The van der Waals surface area contributed by atoms with E-state index in [1.165, 1.54) is 6.92 Å². The van der Waals surface area contributed by atoms with Gasteiger partial charge in [-0.25, -0.2) is 18.2 Å². The van der Waals surface area contributed by atoms with Crippen molar-refractivity contribution in [2.45, 2.75) is 75.8 Å². The molecule has 12 nitrogen and oxygen atoms in total. The van der Waals surface area contributed by atoms with Crippen LogP contribution in [0.2, 0.25) is 0 Å². The molecule has 4 aliphatic rings. The molecule has 2 saturated carbocycles. The van der Waals surface area contributed by atoms with Gasteiger partial charge < -0.3 is 26.2 Å². The number of hydrogen-bond donors (Lipinski definition) is 4. The van der Waals surface area contributed by atoms with Crippen molar-refractivity contribution in [2.24, 2.45) is 11.3 Å². The van der Waals surface area contributed by atoms with Crippen LogP contribution >= 0.6 is 0 Å². The van der Waals surface area contributed by atoms with Crippen LogP contribution in [0.4, 0.5) is 19.3 Å². The summed E-state index contributed by atoms with van der Waals surface area (Å²) in [6, 6.07) is 3.92. The molecule has 6 rings (SSSR count). The Balaban J connectivity index is 1.22. The number of halogens is 2. The van der Waals surface area contributed by atoms with E-state index in [2.05, 4.69) is 36.2 Å². The maximum absolute atomic E-state index is 13.9. The third kappa shape index (κ3) is 5.42. The fourth-order valence-corrected chi connectivity index (χ4v) is 6.78. The third-order valence-corrected chi connectivity index (χ3v) is 9.59. The van der Waals surface area contributed by atoms with Crippen LogP contribution in [0.15, 0.2) is 22.8 Å². The number of nitrogens with zero attached hydrogens (tertiary/aromatic N) is 3. The molecule has 2 aromatic rings. The summed E-state index contributed by atoms with van der Waals surface area (Å²) in [6.45, 7) is 2.65. The van der Waals surface area contributed by atoms with E-state index in [9.17, 15) is 28.0 Å². The van der Waals surface area contributed by atoms with E-state index in [0.29, 0.717) is 25.2 Å². The van der Waals surface area contributed by atoms with Gasteiger partial charge >= 0.3 is 6.03 Å². The molecule has 1 aliphatic heterocycles. The molecular weight excluding hydrogens is 564 g/mol. The van der Waals surface area contributed by atoms with Crippen LogP contribution in [0.25, 0.3) is 0 Å². The number of benzene rings is 1. The molecule has 43 heavy (non-hydrogen) atoms. The van der Waals surface area contributed by atoms with Crippen molar-refractivity contribution in [3.8, 4) is 0 Å². The molecule has 1 saturated heterocycles. The summed E-state index contributed by atoms with van der Waals surface area (Å²) in [6.07, 6.45) is 1.95. The first-order valence-corrected chi connectivity index (χ1v) is 14.6. The van der Waals surface area contributed by atoms with Gasteiger partial charge in [0.2, 0.25) is 17.7 Å². The first kappa shape index (κ1) is 29.0. The second-order valence-electron chi connectivity index (χ2n) is 12.5. The van der Waals surface area contributed by atoms with E-state index in [-0.39, 0.29) is 60.8 Å². The lowest BCUT2D eigenvalue weighted by Crippen LogP contribution is -2.67. The number of likely N-dealkylation sites (N-methyl/N-ethyl adjacent to an activating group) is 1. The maximum atomic E-state index is 13.9. The van der Waals surface area contributed by atoms with Crippen LogP contribution in [-0.2, 0) is 22.4 Å². The summed E-state index contributed by atoms with van der Waals surface area (Å²) in [7, 11) is 1.56. The molecule has 0 radical (unpaired) electrons. The summed E-state index contributed by atoms with van der Waals surface area (Å²) in [5.41, 5.74) is 1.18. The van der Waals surface area contributed by atoms with Gasteiger partial charge in [-0.2, -0.15) is 0 Å². The van der Waals surface area contributed by atoms with Crippen molar-refractivity contribution in [3.05, 3.63) is 40.7 Å². The Bertz CT molecular complexity index is 1460. The second-order valence-corrected chi connectivity index (χ2v) is 12.5. The van der Waals surface area contributed by atoms with Gasteiger partial charge in [-0.05, 0) is 66.9 Å². The lowest BCUT2D eigenvalue weighted by Gasteiger charge is -2.44. The van der Waals surface area contributed by atoms with Crippen LogP contribution < -0.4 is 21.3 Å². The van der Waals surface area contributed by atoms with Crippen molar-refractivity contribution >= 4 is 29.4 Å². The number of urea groups is 1. The van der Waals surface area contributed by atoms with E-state index < -0.39 is 35.2 Å². The lowest BCUT2D eigenvalue weighted by molar-refractivity contribution is -0.131. The number of fused-ring (bicyclic) bond motifs is 1. The van der Waals surface area contributed by atoms with Crippen molar-refractivity contribution in [3.63, 3.8) is 0 Å². The molecule has 0 bridgehead atoms. The topological polar surface area (TPSA) is 159 Å². The molecule has 230 valence electrons. The first-order chi connectivity index (χ1) is 20.4. The number of hydrogen-bond acceptors (Lipinski definition) is 7. The van der Waals surface area contributed by atoms with Crippen LogP contribution in [-0.4, -0.2) is 76.6 Å². The minimum Gasteiger partial charge on any atom is -0.357 e. The van der Waals surface area contributed by atoms with Gasteiger partial charge in [0.1, 0.15) is 17.3 Å². The van der Waals surface area contributed by atoms with Gasteiger partial charge in [0.05, 0.1) is 0 Å². The number of carbonyl (C=O) groups excluding carboxylic acids is 4. The fourth-order valence-electron chi connectivity index (χ4n) is 6.78. The summed E-state index contributed by atoms with van der Waals surface area (Å²) < 4.78 is 32.5. The Kier molecular flexibility index (Phi) is 7.12. The van der Waals surface area contributed by atoms with E-state index in [4.69, 9.17) is 0 Å². The molecule has 2 atom stereocenters. The molecule has 1 spiro atoms. The number of nitrogens with one attached hydrogen (secondary N) is 4. The van der Waals surface area contributed by atoms with Crippen molar-refractivity contribution in [1.29, 1.82) is 0 Å². The zero-order valence-corrected chi connectivity index (χ0v) is 24.1. The summed E-state index contributed by atoms with van der Waals surface area (Å²) in [4.78, 5) is 54.6. The molecule has 5 amide bonds. The molecular formula is C29H35F2N7O5. The lowest BCUT2D eigenvalue weighted by atomic mass is 9.81. The summed E-state index contributed by atoms with van der Waals surface area (Å²) >= 11 is 0. The van der Waals surface area contributed by atoms with Crippen molar-refractivity contribution in [1.82, 2.24) is 31.2 Å². The maximum Gasteiger partial charge on any atom is 0.318 e. The van der Waals surface area contributed by atoms with Gasteiger partial charge in [-0.1, -0.05) is 11.2 Å². The summed E-state index contributed by atoms with van der Waals surface area (Å²) in [5.74, 6) is -4.83. The van der Waals surface area contributed by atoms with Gasteiger partial charge in [-0.3, -0.25) is 14.4 Å². The minimum absolute atomic E-state index is 0.00591. The Morgan fingerprint density at radius 1 is 1.09 bits per heavy atom. The third-order valence-electron chi connectivity index (χ3n) is 9.59. The first-order valence-electron chi connectivity index (χ1n) is 14.6. The highest BCUT2D eigenvalue weighted by molar-refractivity contribution is 6.01. The molecule has 1 unspecified atom stereocenters. The average Bonchev–Trinajstić information content (AvgIpc) is 3.39. The number of amides is 5. The average molecular weight is 600 g/mol. The van der Waals surface area contributed by atoms with Crippen LogP contribution in [0.1, 0.15) is 65.8 Å². The van der Waals surface area contributed by atoms with Crippen molar-refractivity contribution < 1.29 is 32.6 Å². The van der Waals surface area contributed by atoms with Gasteiger partial charge in [-0.15, -0.1) is 0 Å². The van der Waals surface area contributed by atoms with E-state index >= 15 is 0 Å². The molecule has 1 aromatic heterocycles. The predicted octanol–water partition coefficient (Wildman–Crippen LogP) is 2.33. The number of aromatic nitrogens is 2. The molecule has 3 aliphatic carbocycles. The standard InChI is InChI=1S/C29H35F2N7O5/c1-16-21(37-43-36-16)23(39)35-22(17-5-7-29(30,31)8-6-17)24(40)34-20-4-3-18-12-28(25(41)32-2,13-19(18)11-20)38-15-27(9-10-27)14-33-26(38)42/h3-4,11,17,22H,5-10,12-15H2,1-2H3,(H,32,41)(H,33,42)(H,34,40)(H,35,39)/t22-,28?/m0/s1. The number of aryl methyl sites for hydroxylation is 1. The zero-order chi connectivity index (χ0) is 30.6. The monoisotopic (exact) mass is 599 g/mol. The van der Waals surface area contributed by atoms with Crippen LogP contribution in [0, 0.1) is 18.3 Å². The second kappa shape index (κ2) is 10.6. The Labute approximate surface area is 246 Å². The SMILES string of the molecule is CNC(=O)C1(N2CC3(CC3)CNC2=O)Cc2ccc(NC(=O)[C@@H](NC(=O)c3nonc3C)C3CCC(F)(F)CC3)cc2C1. The largest absolute Gasteiger partial charge is 0.357 e. The number of anilines is 1. The van der Waals surface area contributed by atoms with E-state index in [1.807, 2.05) is 6.07 Å². The minimum atomic E-state index is -2.81. The fraction of sp³-hybridized carbons (Fsp3) is 0.586. The molecule has 4 N–H and O–H groups in total. The van der Waals surface area contributed by atoms with Gasteiger partial charge in [0.25, 0.3) is 5.91 Å².